The van der Waals surface area contributed by atoms with Crippen LogP contribution < -0.4 is 10.5 Å². The Bertz CT molecular complexity index is 520. The lowest BCUT2D eigenvalue weighted by molar-refractivity contribution is -0.307. The molecule has 0 saturated heterocycles. The maximum absolute atomic E-state index is 13.5. The van der Waals surface area contributed by atoms with Gasteiger partial charge in [-0.2, -0.15) is 22.0 Å². The smallest absolute Gasteiger partial charge is 0.457 e. The van der Waals surface area contributed by atoms with E-state index in [-0.39, 0.29) is 5.75 Å². The van der Waals surface area contributed by atoms with E-state index in [9.17, 15) is 22.0 Å². The molecule has 0 aliphatic heterocycles. The molecule has 1 aromatic rings. The zero-order chi connectivity index (χ0) is 17.3. The summed E-state index contributed by atoms with van der Waals surface area (Å²) in [6.07, 6.45) is -8.20. The number of benzene rings is 1. The van der Waals surface area contributed by atoms with Gasteiger partial charge in [0, 0.05) is 6.54 Å². The molecule has 0 aliphatic carbocycles. The van der Waals surface area contributed by atoms with Gasteiger partial charge in [-0.25, -0.2) is 0 Å². The van der Waals surface area contributed by atoms with Crippen LogP contribution in [0, 0.1) is 6.92 Å². The topological polar surface area (TPSA) is 35.2 Å². The number of rotatable bonds is 4. The van der Waals surface area contributed by atoms with Gasteiger partial charge in [0.25, 0.3) is 0 Å². The molecule has 7 heteroatoms. The lowest BCUT2D eigenvalue weighted by atomic mass is 9.86. The molecule has 0 aromatic heterocycles. The molecule has 126 valence electrons. The normalized spacial score (nSPS) is 14.8. The van der Waals surface area contributed by atoms with Crippen molar-refractivity contribution in [3.63, 3.8) is 0 Å². The molecule has 1 rings (SSSR count). The number of alkyl halides is 5. The predicted molar refractivity (Wildman–Crippen MR) is 74.4 cm³/mol. The van der Waals surface area contributed by atoms with Crippen LogP contribution in [0.5, 0.6) is 5.75 Å². The number of ether oxygens (including phenoxy) is 1. The minimum Gasteiger partial charge on any atom is -0.482 e. The van der Waals surface area contributed by atoms with Crippen LogP contribution in [0.15, 0.2) is 18.2 Å². The maximum atomic E-state index is 13.5. The van der Waals surface area contributed by atoms with Crippen molar-refractivity contribution in [2.45, 2.75) is 51.3 Å². The van der Waals surface area contributed by atoms with Gasteiger partial charge in [0.15, 0.2) is 6.10 Å². The van der Waals surface area contributed by atoms with Crippen molar-refractivity contribution in [1.82, 2.24) is 0 Å². The molecular weight excluding hydrogens is 305 g/mol. The lowest BCUT2D eigenvalue weighted by Gasteiger charge is -2.31. The third-order valence-electron chi connectivity index (χ3n) is 3.21. The molecule has 0 radical (unpaired) electrons. The first kappa shape index (κ1) is 18.7. The molecule has 2 N–H and O–H groups in total. The highest BCUT2D eigenvalue weighted by Gasteiger charge is 2.63. The van der Waals surface area contributed by atoms with Crippen LogP contribution in [0.3, 0.4) is 0 Å². The van der Waals surface area contributed by atoms with E-state index in [0.717, 1.165) is 0 Å². The number of aryl methyl sites for hydroxylation is 1. The fraction of sp³-hybridized carbons (Fsp3) is 0.600. The molecular formula is C15H20F5NO. The van der Waals surface area contributed by atoms with Crippen molar-refractivity contribution in [2.75, 3.05) is 6.54 Å². The van der Waals surface area contributed by atoms with Crippen LogP contribution in [0.4, 0.5) is 22.0 Å². The number of halogens is 5. The molecule has 0 heterocycles. The first-order chi connectivity index (χ1) is 9.80. The van der Waals surface area contributed by atoms with Crippen molar-refractivity contribution < 1.29 is 26.7 Å². The molecule has 22 heavy (non-hydrogen) atoms. The maximum Gasteiger partial charge on any atom is 0.457 e. The second-order valence-corrected chi connectivity index (χ2v) is 6.21. The summed E-state index contributed by atoms with van der Waals surface area (Å²) in [6.45, 7) is 6.17. The Labute approximate surface area is 126 Å². The van der Waals surface area contributed by atoms with Gasteiger partial charge in [0.05, 0.1) is 0 Å². The summed E-state index contributed by atoms with van der Waals surface area (Å²) >= 11 is 0. The highest BCUT2D eigenvalue weighted by molar-refractivity contribution is 5.41. The monoisotopic (exact) mass is 325 g/mol. The van der Waals surface area contributed by atoms with E-state index in [4.69, 9.17) is 10.5 Å². The summed E-state index contributed by atoms with van der Waals surface area (Å²) in [7, 11) is 0. The summed E-state index contributed by atoms with van der Waals surface area (Å²) in [5, 5.41) is 0. The first-order valence-corrected chi connectivity index (χ1v) is 6.73. The van der Waals surface area contributed by atoms with Crippen molar-refractivity contribution in [1.29, 1.82) is 0 Å². The van der Waals surface area contributed by atoms with Crippen LogP contribution >= 0.6 is 0 Å². The van der Waals surface area contributed by atoms with Crippen molar-refractivity contribution in [2.24, 2.45) is 5.73 Å². The van der Waals surface area contributed by atoms with Crippen molar-refractivity contribution in [3.8, 4) is 5.75 Å². The van der Waals surface area contributed by atoms with Gasteiger partial charge in [0.1, 0.15) is 5.75 Å². The molecule has 0 amide bonds. The molecule has 1 unspecified atom stereocenters. The molecule has 0 fully saturated rings. The summed E-state index contributed by atoms with van der Waals surface area (Å²) < 4.78 is 69.5. The van der Waals surface area contributed by atoms with Gasteiger partial charge in [0.2, 0.25) is 0 Å². The summed E-state index contributed by atoms with van der Waals surface area (Å²) in [5.41, 5.74) is 5.84. The second kappa shape index (κ2) is 6.02. The van der Waals surface area contributed by atoms with Crippen LogP contribution in [0.1, 0.15) is 31.9 Å². The van der Waals surface area contributed by atoms with Crippen molar-refractivity contribution >= 4 is 0 Å². The van der Waals surface area contributed by atoms with Gasteiger partial charge >= 0.3 is 12.1 Å². The third kappa shape index (κ3) is 3.88. The lowest BCUT2D eigenvalue weighted by Crippen LogP contribution is -2.53. The average Bonchev–Trinajstić information content (AvgIpc) is 2.32. The summed E-state index contributed by atoms with van der Waals surface area (Å²) in [5.74, 6) is -5.03. The Balaban J connectivity index is 3.25. The zero-order valence-electron chi connectivity index (χ0n) is 12.9. The second-order valence-electron chi connectivity index (χ2n) is 6.21. The zero-order valence-corrected chi connectivity index (χ0v) is 12.9. The molecule has 1 aromatic carbocycles. The summed E-state index contributed by atoms with van der Waals surface area (Å²) in [6, 6.07) is 4.84. The van der Waals surface area contributed by atoms with E-state index in [1.807, 2.05) is 20.8 Å². The number of hydrogen-bond donors (Lipinski definition) is 1. The van der Waals surface area contributed by atoms with E-state index in [1.54, 1.807) is 19.1 Å². The highest BCUT2D eigenvalue weighted by atomic mass is 19.4. The molecule has 0 aliphatic rings. The standard InChI is InChI=1S/C15H20F5NO/c1-9-5-6-10(13(2,3)4)11(7-9)22-12(8-21)14(16,17)15(18,19)20/h5-7,12H,8,21H2,1-4H3. The fourth-order valence-corrected chi connectivity index (χ4v) is 1.95. The number of nitrogens with two attached hydrogens (primary N) is 1. The van der Waals surface area contributed by atoms with Gasteiger partial charge in [-0.3, -0.25) is 0 Å². The Morgan fingerprint density at radius 1 is 1.09 bits per heavy atom. The van der Waals surface area contributed by atoms with E-state index in [1.165, 1.54) is 6.07 Å². The number of hydrogen-bond acceptors (Lipinski definition) is 2. The van der Waals surface area contributed by atoms with E-state index in [0.29, 0.717) is 11.1 Å². The van der Waals surface area contributed by atoms with E-state index >= 15 is 0 Å². The Hall–Kier alpha value is -1.37. The summed E-state index contributed by atoms with van der Waals surface area (Å²) in [4.78, 5) is 0. The minimum absolute atomic E-state index is 0.00752. The SMILES string of the molecule is Cc1ccc(C(C)(C)C)c(OC(CN)C(F)(F)C(F)(F)F)c1. The Morgan fingerprint density at radius 3 is 2.05 bits per heavy atom. The minimum atomic E-state index is -5.72. The van der Waals surface area contributed by atoms with Crippen LogP contribution in [0.2, 0.25) is 0 Å². The Morgan fingerprint density at radius 2 is 1.64 bits per heavy atom. The first-order valence-electron chi connectivity index (χ1n) is 6.73. The third-order valence-corrected chi connectivity index (χ3v) is 3.21. The van der Waals surface area contributed by atoms with E-state index in [2.05, 4.69) is 0 Å². The molecule has 1 atom stereocenters. The fourth-order valence-electron chi connectivity index (χ4n) is 1.95. The molecule has 2 nitrogen and oxygen atoms in total. The Kier molecular flexibility index (Phi) is 5.11. The molecule has 0 spiro atoms. The molecule has 0 saturated carbocycles. The van der Waals surface area contributed by atoms with Gasteiger partial charge in [-0.05, 0) is 29.5 Å². The van der Waals surface area contributed by atoms with Gasteiger partial charge in [-0.1, -0.05) is 32.9 Å². The van der Waals surface area contributed by atoms with E-state index < -0.39 is 30.2 Å². The van der Waals surface area contributed by atoms with Gasteiger partial charge in [-0.15, -0.1) is 0 Å². The van der Waals surface area contributed by atoms with Crippen LogP contribution in [0.25, 0.3) is 0 Å². The highest BCUT2D eigenvalue weighted by Crippen LogP contribution is 2.41. The largest absolute Gasteiger partial charge is 0.482 e. The quantitative estimate of drug-likeness (QED) is 0.842. The van der Waals surface area contributed by atoms with Crippen molar-refractivity contribution in [3.05, 3.63) is 29.3 Å². The predicted octanol–water partition coefficient (Wildman–Crippen LogP) is 4.20. The van der Waals surface area contributed by atoms with Gasteiger partial charge < -0.3 is 10.5 Å². The van der Waals surface area contributed by atoms with Crippen LogP contribution in [-0.2, 0) is 5.41 Å². The van der Waals surface area contributed by atoms with Crippen LogP contribution in [-0.4, -0.2) is 24.7 Å². The average molecular weight is 325 g/mol. The molecule has 0 bridgehead atoms.